The predicted octanol–water partition coefficient (Wildman–Crippen LogP) is 1.36. The van der Waals surface area contributed by atoms with Crippen LogP contribution in [-0.2, 0) is 21.2 Å². The van der Waals surface area contributed by atoms with Crippen LogP contribution in [0.25, 0.3) is 11.3 Å². The average Bonchev–Trinajstić information content (AvgIpc) is 3.47. The fourth-order valence-electron chi connectivity index (χ4n) is 4.02. The number of carbonyl (C=O) groups is 1. The summed E-state index contributed by atoms with van der Waals surface area (Å²) in [7, 11) is -3.78. The van der Waals surface area contributed by atoms with Gasteiger partial charge in [0.15, 0.2) is 0 Å². The Morgan fingerprint density at radius 2 is 1.88 bits per heavy atom. The summed E-state index contributed by atoms with van der Waals surface area (Å²) in [5.41, 5.74) is 2.15. The van der Waals surface area contributed by atoms with Crippen LogP contribution in [0.5, 0.6) is 0 Å². The average molecular weight is 456 g/mol. The zero-order valence-electron chi connectivity index (χ0n) is 17.4. The lowest BCUT2D eigenvalue weighted by molar-refractivity contribution is -0.136. The number of aromatic nitrogens is 3. The third-order valence-corrected chi connectivity index (χ3v) is 6.67. The zero-order chi connectivity index (χ0) is 22.7. The second-order valence-corrected chi connectivity index (χ2v) is 9.43. The number of sulfonamides is 1. The van der Waals surface area contributed by atoms with Gasteiger partial charge in [0.2, 0.25) is 15.9 Å². The molecule has 0 unspecified atom stereocenters. The van der Waals surface area contributed by atoms with Crippen molar-refractivity contribution >= 4 is 15.9 Å². The monoisotopic (exact) mass is 455 g/mol. The number of nitrogens with zero attached hydrogens (tertiary/aromatic N) is 4. The second kappa shape index (κ2) is 9.19. The molecule has 4 rings (SSSR count). The van der Waals surface area contributed by atoms with Gasteiger partial charge in [-0.3, -0.25) is 4.79 Å². The Labute approximate surface area is 186 Å². The first-order chi connectivity index (χ1) is 15.4. The summed E-state index contributed by atoms with van der Waals surface area (Å²) in [5.74, 6) is -0.105. The van der Waals surface area contributed by atoms with Crippen LogP contribution < -0.4 is 5.14 Å². The molecule has 0 bridgehead atoms. The summed E-state index contributed by atoms with van der Waals surface area (Å²) in [6, 6.07) is 14.9. The molecule has 10 heteroatoms. The van der Waals surface area contributed by atoms with E-state index >= 15 is 0 Å². The lowest BCUT2D eigenvalue weighted by atomic mass is 10.0. The molecule has 1 saturated heterocycles. The molecule has 168 valence electrons. The number of carbonyl (C=O) groups excluding carboxylic acids is 1. The highest BCUT2D eigenvalue weighted by Crippen LogP contribution is 2.26. The van der Waals surface area contributed by atoms with E-state index in [2.05, 4.69) is 10.3 Å². The first-order valence-electron chi connectivity index (χ1n) is 10.4. The minimum absolute atomic E-state index is 0.00912. The van der Waals surface area contributed by atoms with Gasteiger partial charge in [0, 0.05) is 18.5 Å². The third-order valence-electron chi connectivity index (χ3n) is 5.74. The van der Waals surface area contributed by atoms with Gasteiger partial charge in [-0.2, -0.15) is 0 Å². The maximum Gasteiger partial charge on any atom is 0.248 e. The van der Waals surface area contributed by atoms with Gasteiger partial charge < -0.3 is 10.0 Å². The maximum absolute atomic E-state index is 13.5. The molecule has 2 heterocycles. The van der Waals surface area contributed by atoms with Gasteiger partial charge in [-0.25, -0.2) is 18.2 Å². The maximum atomic E-state index is 13.5. The molecule has 1 aliphatic rings. The van der Waals surface area contributed by atoms with E-state index in [9.17, 15) is 18.3 Å². The van der Waals surface area contributed by atoms with Crippen molar-refractivity contribution in [1.29, 1.82) is 0 Å². The highest BCUT2D eigenvalue weighted by atomic mass is 32.2. The number of primary sulfonamides is 1. The predicted molar refractivity (Wildman–Crippen MR) is 118 cm³/mol. The van der Waals surface area contributed by atoms with E-state index in [0.29, 0.717) is 24.2 Å². The molecular weight excluding hydrogens is 430 g/mol. The summed E-state index contributed by atoms with van der Waals surface area (Å²) in [6.07, 6.45) is 3.75. The Balaban J connectivity index is 1.64. The summed E-state index contributed by atoms with van der Waals surface area (Å²) in [6.45, 7) is 0.536. The molecule has 3 aromatic rings. The van der Waals surface area contributed by atoms with E-state index in [1.165, 1.54) is 12.1 Å². The summed E-state index contributed by atoms with van der Waals surface area (Å²) in [4.78, 5) is 15.2. The van der Waals surface area contributed by atoms with Crippen molar-refractivity contribution in [3.8, 4) is 11.3 Å². The molecule has 0 spiro atoms. The van der Waals surface area contributed by atoms with Crippen molar-refractivity contribution in [3.05, 3.63) is 66.4 Å². The molecule has 0 aliphatic carbocycles. The highest BCUT2D eigenvalue weighted by molar-refractivity contribution is 7.89. The summed E-state index contributed by atoms with van der Waals surface area (Å²) < 4.78 is 24.5. The van der Waals surface area contributed by atoms with Gasteiger partial charge in [0.1, 0.15) is 11.7 Å². The molecule has 3 N–H and O–H groups in total. The van der Waals surface area contributed by atoms with Crippen molar-refractivity contribution in [2.75, 3.05) is 13.2 Å². The number of likely N-dealkylation sites (tertiary alicyclic amines) is 1. The number of benzene rings is 2. The van der Waals surface area contributed by atoms with Gasteiger partial charge in [0.05, 0.1) is 23.7 Å². The molecule has 1 amide bonds. The van der Waals surface area contributed by atoms with Crippen molar-refractivity contribution in [2.45, 2.75) is 36.2 Å². The van der Waals surface area contributed by atoms with Crippen molar-refractivity contribution in [2.24, 2.45) is 5.14 Å². The molecule has 9 nitrogen and oxygen atoms in total. The number of nitrogens with two attached hydrogens (primary N) is 1. The first-order valence-corrected chi connectivity index (χ1v) is 11.9. The van der Waals surface area contributed by atoms with E-state index in [0.717, 1.165) is 18.4 Å². The fraction of sp³-hybridized carbons (Fsp3) is 0.318. The summed E-state index contributed by atoms with van der Waals surface area (Å²) >= 11 is 0. The van der Waals surface area contributed by atoms with Crippen LogP contribution in [0.2, 0.25) is 0 Å². The van der Waals surface area contributed by atoms with Crippen molar-refractivity contribution < 1.29 is 18.3 Å². The Kier molecular flexibility index (Phi) is 6.35. The quantitative estimate of drug-likeness (QED) is 0.553. The summed E-state index contributed by atoms with van der Waals surface area (Å²) in [5, 5.41) is 23.3. The lowest BCUT2D eigenvalue weighted by Gasteiger charge is -2.28. The molecule has 1 fully saturated rings. The number of hydrogen-bond acceptors (Lipinski definition) is 6. The molecule has 2 aromatic carbocycles. The highest BCUT2D eigenvalue weighted by Gasteiger charge is 2.34. The fourth-order valence-corrected chi connectivity index (χ4v) is 4.53. The number of amides is 1. The Morgan fingerprint density at radius 1 is 1.16 bits per heavy atom. The van der Waals surface area contributed by atoms with Crippen molar-refractivity contribution in [1.82, 2.24) is 19.9 Å². The number of rotatable bonds is 7. The number of hydrogen-bond donors (Lipinski definition) is 2. The number of aliphatic hydroxyl groups is 1. The SMILES string of the molecule is NS(=O)(=O)c1ccc(-c2cn([C@@H](Cc3ccccc3)C(=O)N3CCC[C@@H]3CO)nn2)cc1. The molecule has 0 radical (unpaired) electrons. The third kappa shape index (κ3) is 4.72. The normalized spacial score (nSPS) is 17.4. The van der Waals surface area contributed by atoms with E-state index in [4.69, 9.17) is 5.14 Å². The van der Waals surface area contributed by atoms with Crippen LogP contribution in [0.4, 0.5) is 0 Å². The largest absolute Gasteiger partial charge is 0.394 e. The van der Waals surface area contributed by atoms with Crippen LogP contribution in [-0.4, -0.2) is 58.5 Å². The van der Waals surface area contributed by atoms with Crippen LogP contribution >= 0.6 is 0 Å². The Hall–Kier alpha value is -3.08. The van der Waals surface area contributed by atoms with Crippen LogP contribution in [0.15, 0.2) is 65.7 Å². The van der Waals surface area contributed by atoms with Crippen LogP contribution in [0, 0.1) is 0 Å². The molecule has 2 atom stereocenters. The minimum atomic E-state index is -3.78. The molecule has 0 saturated carbocycles. The van der Waals surface area contributed by atoms with Gasteiger partial charge in [-0.1, -0.05) is 47.7 Å². The standard InChI is InChI=1S/C22H25N5O4S/c23-32(30,31)19-10-8-17(9-11-19)20-14-27(25-24-20)21(13-16-5-2-1-3-6-16)22(29)26-12-4-7-18(26)15-28/h1-3,5-6,8-11,14,18,21,28H,4,7,12-13,15H2,(H2,23,30,31)/t18-,21+/m1/s1. The lowest BCUT2D eigenvalue weighted by Crippen LogP contribution is -2.42. The van der Waals surface area contributed by atoms with Gasteiger partial charge in [-0.05, 0) is 30.5 Å². The Morgan fingerprint density at radius 3 is 2.53 bits per heavy atom. The molecule has 1 aliphatic heterocycles. The van der Waals surface area contributed by atoms with Crippen LogP contribution in [0.1, 0.15) is 24.4 Å². The molecular formula is C22H25N5O4S. The van der Waals surface area contributed by atoms with E-state index in [-0.39, 0.29) is 23.5 Å². The minimum Gasteiger partial charge on any atom is -0.394 e. The van der Waals surface area contributed by atoms with Gasteiger partial charge in [0.25, 0.3) is 0 Å². The first kappa shape index (κ1) is 22.1. The van der Waals surface area contributed by atoms with Crippen LogP contribution in [0.3, 0.4) is 0 Å². The topological polar surface area (TPSA) is 131 Å². The van der Waals surface area contributed by atoms with Crippen molar-refractivity contribution in [3.63, 3.8) is 0 Å². The zero-order valence-corrected chi connectivity index (χ0v) is 18.2. The smallest absolute Gasteiger partial charge is 0.248 e. The van der Waals surface area contributed by atoms with Gasteiger partial charge in [-0.15, -0.1) is 5.10 Å². The molecule has 32 heavy (non-hydrogen) atoms. The van der Waals surface area contributed by atoms with Gasteiger partial charge >= 0.3 is 0 Å². The second-order valence-electron chi connectivity index (χ2n) is 7.87. The Bertz CT molecular complexity index is 1180. The van der Waals surface area contributed by atoms with E-state index in [1.54, 1.807) is 27.9 Å². The van der Waals surface area contributed by atoms with E-state index in [1.807, 2.05) is 30.3 Å². The van der Waals surface area contributed by atoms with E-state index < -0.39 is 16.1 Å². The molecule has 1 aromatic heterocycles. The number of aliphatic hydroxyl groups excluding tert-OH is 1.